The Balaban J connectivity index is 1.56. The fourth-order valence-electron chi connectivity index (χ4n) is 8.42. The highest BCUT2D eigenvalue weighted by Crippen LogP contribution is 2.67. The number of hydrogen-bond acceptors (Lipinski definition) is 2. The van der Waals surface area contributed by atoms with E-state index in [0.29, 0.717) is 41.3 Å². The molecule has 9 atom stereocenters. The molecule has 0 aromatic heterocycles. The molecule has 0 spiro atoms. The van der Waals surface area contributed by atoms with E-state index in [2.05, 4.69) is 53.3 Å². The summed E-state index contributed by atoms with van der Waals surface area (Å²) >= 11 is 0. The molecule has 4 rings (SSSR count). The van der Waals surface area contributed by atoms with Crippen LogP contribution in [0.25, 0.3) is 0 Å². The van der Waals surface area contributed by atoms with Crippen molar-refractivity contribution in [2.45, 2.75) is 92.1 Å². The lowest BCUT2D eigenvalue weighted by Crippen LogP contribution is -2.57. The Kier molecular flexibility index (Phi) is 5.88. The van der Waals surface area contributed by atoms with Crippen LogP contribution in [0.2, 0.25) is 0 Å². The molecule has 0 radical (unpaired) electrons. The van der Waals surface area contributed by atoms with Crippen LogP contribution in [0.3, 0.4) is 0 Å². The quantitative estimate of drug-likeness (QED) is 0.529. The van der Waals surface area contributed by atoms with E-state index in [0.717, 1.165) is 25.7 Å². The lowest BCUT2D eigenvalue weighted by atomic mass is 9.44. The van der Waals surface area contributed by atoms with E-state index in [-0.39, 0.29) is 22.9 Å². The zero-order valence-corrected chi connectivity index (χ0v) is 20.0. The number of Topliss-reactive ketones (excluding diaryl/α,β-unsaturated/α-hetero) is 1. The van der Waals surface area contributed by atoms with Crippen molar-refractivity contribution in [2.24, 2.45) is 52.3 Å². The van der Waals surface area contributed by atoms with Gasteiger partial charge in [-0.1, -0.05) is 58.9 Å². The van der Waals surface area contributed by atoms with E-state index >= 15 is 0 Å². The molecule has 4 aliphatic rings. The molecule has 9 unspecified atom stereocenters. The van der Waals surface area contributed by atoms with Gasteiger partial charge in [0.05, 0.1) is 6.10 Å². The molecule has 4 fully saturated rings. The van der Waals surface area contributed by atoms with Crippen LogP contribution in [0.5, 0.6) is 0 Å². The molecule has 1 N–H and O–H groups in total. The maximum Gasteiger partial charge on any atom is 0.136 e. The second-order valence-corrected chi connectivity index (χ2v) is 12.2. The lowest BCUT2D eigenvalue weighted by molar-refractivity contribution is -0.160. The van der Waals surface area contributed by atoms with Gasteiger partial charge >= 0.3 is 0 Å². The fourth-order valence-corrected chi connectivity index (χ4v) is 8.42. The molecule has 168 valence electrons. The van der Waals surface area contributed by atoms with Crippen molar-refractivity contribution in [3.05, 3.63) is 24.3 Å². The zero-order valence-electron chi connectivity index (χ0n) is 20.0. The molecule has 0 bridgehead atoms. The van der Waals surface area contributed by atoms with Gasteiger partial charge in [0.25, 0.3) is 0 Å². The molecular formula is C28H44O2. The summed E-state index contributed by atoms with van der Waals surface area (Å²) in [5.74, 6) is 4.02. The van der Waals surface area contributed by atoms with Crippen molar-refractivity contribution < 1.29 is 9.90 Å². The van der Waals surface area contributed by atoms with E-state index < -0.39 is 0 Å². The van der Waals surface area contributed by atoms with Gasteiger partial charge in [-0.2, -0.15) is 0 Å². The van der Waals surface area contributed by atoms with Crippen LogP contribution in [0, 0.1) is 52.3 Å². The van der Waals surface area contributed by atoms with Crippen LogP contribution in [0.1, 0.15) is 86.0 Å². The average molecular weight is 413 g/mol. The van der Waals surface area contributed by atoms with Gasteiger partial charge in [0.15, 0.2) is 0 Å². The van der Waals surface area contributed by atoms with E-state index in [9.17, 15) is 9.90 Å². The number of allylic oxidation sites excluding steroid dienone is 3. The summed E-state index contributed by atoms with van der Waals surface area (Å²) in [7, 11) is 0. The van der Waals surface area contributed by atoms with Gasteiger partial charge in [0.1, 0.15) is 5.78 Å². The number of hydrogen-bond donors (Lipinski definition) is 1. The number of carbonyl (C=O) groups is 1. The van der Waals surface area contributed by atoms with Crippen LogP contribution >= 0.6 is 0 Å². The highest BCUT2D eigenvalue weighted by Gasteiger charge is 2.62. The summed E-state index contributed by atoms with van der Waals surface area (Å²) in [5.41, 5.74) is 1.76. The van der Waals surface area contributed by atoms with Crippen molar-refractivity contribution in [1.82, 2.24) is 0 Å². The first-order valence-corrected chi connectivity index (χ1v) is 12.7. The topological polar surface area (TPSA) is 37.3 Å². The van der Waals surface area contributed by atoms with Crippen molar-refractivity contribution in [3.8, 4) is 0 Å². The molecule has 0 heterocycles. The maximum absolute atomic E-state index is 13.5. The van der Waals surface area contributed by atoms with Crippen molar-refractivity contribution >= 4 is 5.78 Å². The summed E-state index contributed by atoms with van der Waals surface area (Å²) < 4.78 is 0. The maximum atomic E-state index is 13.5. The Labute approximate surface area is 184 Å². The minimum atomic E-state index is -0.189. The highest BCUT2D eigenvalue weighted by molar-refractivity contribution is 5.83. The minimum absolute atomic E-state index is 0.189. The van der Waals surface area contributed by atoms with E-state index in [1.165, 1.54) is 31.3 Å². The minimum Gasteiger partial charge on any atom is -0.393 e. The molecular weight excluding hydrogens is 368 g/mol. The van der Waals surface area contributed by atoms with Gasteiger partial charge in [0.2, 0.25) is 0 Å². The van der Waals surface area contributed by atoms with Crippen LogP contribution in [0.15, 0.2) is 24.3 Å². The third kappa shape index (κ3) is 3.46. The first kappa shape index (κ1) is 22.3. The average Bonchev–Trinajstić information content (AvgIpc) is 3.04. The first-order chi connectivity index (χ1) is 14.1. The van der Waals surface area contributed by atoms with Gasteiger partial charge in [-0.3, -0.25) is 4.79 Å². The molecule has 0 aromatic carbocycles. The fraction of sp³-hybridized carbons (Fsp3) is 0.821. The lowest BCUT2D eigenvalue weighted by Gasteiger charge is -2.60. The van der Waals surface area contributed by atoms with E-state index in [1.807, 2.05) is 0 Å². The monoisotopic (exact) mass is 412 g/mol. The third-order valence-corrected chi connectivity index (χ3v) is 10.5. The van der Waals surface area contributed by atoms with Crippen molar-refractivity contribution in [1.29, 1.82) is 0 Å². The molecule has 4 saturated carbocycles. The summed E-state index contributed by atoms with van der Waals surface area (Å²) in [5, 5.41) is 10.2. The summed E-state index contributed by atoms with van der Waals surface area (Å²) in [4.78, 5) is 13.5. The van der Waals surface area contributed by atoms with Crippen LogP contribution < -0.4 is 0 Å². The summed E-state index contributed by atoms with van der Waals surface area (Å²) in [6.07, 6.45) is 13.0. The molecule has 30 heavy (non-hydrogen) atoms. The predicted molar refractivity (Wildman–Crippen MR) is 124 cm³/mol. The van der Waals surface area contributed by atoms with Gasteiger partial charge in [-0.15, -0.1) is 0 Å². The van der Waals surface area contributed by atoms with Crippen molar-refractivity contribution in [3.63, 3.8) is 0 Å². The normalized spacial score (nSPS) is 47.1. The summed E-state index contributed by atoms with van der Waals surface area (Å²) in [6.45, 7) is 16.0. The first-order valence-electron chi connectivity index (χ1n) is 12.7. The number of ketones is 1. The summed E-state index contributed by atoms with van der Waals surface area (Å²) in [6, 6.07) is 0. The number of rotatable bonds is 4. The smallest absolute Gasteiger partial charge is 0.136 e. The van der Waals surface area contributed by atoms with Crippen molar-refractivity contribution in [2.75, 3.05) is 0 Å². The second-order valence-electron chi connectivity index (χ2n) is 12.2. The molecule has 2 nitrogen and oxygen atoms in total. The Bertz CT molecular complexity index is 720. The number of aliphatic hydroxyl groups is 1. The van der Waals surface area contributed by atoms with Gasteiger partial charge in [-0.05, 0) is 91.3 Å². The van der Waals surface area contributed by atoms with Crippen LogP contribution in [-0.4, -0.2) is 17.0 Å². The molecule has 2 heteroatoms. The molecule has 0 amide bonds. The van der Waals surface area contributed by atoms with E-state index in [4.69, 9.17) is 0 Å². The Morgan fingerprint density at radius 1 is 1.07 bits per heavy atom. The highest BCUT2D eigenvalue weighted by atomic mass is 16.3. The Morgan fingerprint density at radius 2 is 1.73 bits per heavy atom. The molecule has 0 aliphatic heterocycles. The van der Waals surface area contributed by atoms with Gasteiger partial charge in [-0.25, -0.2) is 0 Å². The molecule has 4 aliphatic carbocycles. The Hall–Kier alpha value is -0.890. The Morgan fingerprint density at radius 3 is 2.43 bits per heavy atom. The number of aliphatic hydroxyl groups excluding tert-OH is 1. The van der Waals surface area contributed by atoms with Crippen LogP contribution in [-0.2, 0) is 4.79 Å². The standard InChI is InChI=1S/C28H44O2/c1-17(2)18(3)7-8-19(4)22-9-10-23-26-24(12-14-28(22,23)6)27(5)13-11-21(29)15-20(27)16-25(26)30/h7-8,17,19-24,26,29H,3,9-16H2,1-2,4-6H3. The number of carbonyl (C=O) groups excluding carboxylic acids is 1. The zero-order chi connectivity index (χ0) is 21.8. The van der Waals surface area contributed by atoms with Gasteiger partial charge < -0.3 is 5.11 Å². The number of fused-ring (bicyclic) bond motifs is 5. The third-order valence-electron chi connectivity index (χ3n) is 10.5. The van der Waals surface area contributed by atoms with Crippen LogP contribution in [0.4, 0.5) is 0 Å². The van der Waals surface area contributed by atoms with E-state index in [1.54, 1.807) is 0 Å². The largest absolute Gasteiger partial charge is 0.393 e. The second kappa shape index (κ2) is 7.91. The predicted octanol–water partition coefficient (Wildman–Crippen LogP) is 6.59. The molecule has 0 aromatic rings. The molecule has 0 saturated heterocycles. The van der Waals surface area contributed by atoms with Gasteiger partial charge in [0, 0.05) is 12.3 Å². The SMILES string of the molecule is C=C(C=CC(C)C1CCC2C3C(=O)CC4CC(O)CCC4(C)C3CCC12C)C(C)C.